The largest absolute Gasteiger partial charge is 0.394 e. The van der Waals surface area contributed by atoms with Crippen molar-refractivity contribution < 1.29 is 34.0 Å². The third kappa shape index (κ3) is 2.76. The van der Waals surface area contributed by atoms with E-state index in [-0.39, 0.29) is 31.8 Å². The SMILES string of the molecule is C[C@]12C=CC(=O)C=C1CC[C@H]1[C@@H]3C[C@@H](OCCO)[C@](O)(C(=O)CCl)[C@@]3(C)C[C@H](O)[C@@]12F. The highest BCUT2D eigenvalue weighted by molar-refractivity contribution is 6.29. The molecule has 0 radical (unpaired) electrons. The lowest BCUT2D eigenvalue weighted by atomic mass is 9.44. The van der Waals surface area contributed by atoms with E-state index in [4.69, 9.17) is 16.3 Å². The third-order valence-corrected chi connectivity index (χ3v) is 9.04. The molecule has 31 heavy (non-hydrogen) atoms. The van der Waals surface area contributed by atoms with Crippen LogP contribution < -0.4 is 0 Å². The molecule has 0 aromatic carbocycles. The minimum atomic E-state index is -2.06. The Morgan fingerprint density at radius 1 is 1.35 bits per heavy atom. The lowest BCUT2D eigenvalue weighted by molar-refractivity contribution is -0.222. The molecule has 3 fully saturated rings. The maximum Gasteiger partial charge on any atom is 0.182 e. The Kier molecular flexibility index (Phi) is 5.54. The van der Waals surface area contributed by atoms with Gasteiger partial charge < -0.3 is 20.1 Å². The van der Waals surface area contributed by atoms with Gasteiger partial charge in [0.25, 0.3) is 0 Å². The molecule has 0 unspecified atom stereocenters. The van der Waals surface area contributed by atoms with Crippen LogP contribution in [-0.4, -0.2) is 69.5 Å². The first-order valence-electron chi connectivity index (χ1n) is 10.9. The van der Waals surface area contributed by atoms with E-state index in [1.54, 1.807) is 19.9 Å². The van der Waals surface area contributed by atoms with Crippen molar-refractivity contribution in [1.82, 2.24) is 0 Å². The van der Waals surface area contributed by atoms with Gasteiger partial charge in [-0.3, -0.25) is 9.59 Å². The molecule has 0 aromatic rings. The average molecular weight is 457 g/mol. The highest BCUT2D eigenvalue weighted by Gasteiger charge is 2.76. The van der Waals surface area contributed by atoms with Gasteiger partial charge in [-0.15, -0.1) is 11.6 Å². The van der Waals surface area contributed by atoms with E-state index in [1.165, 1.54) is 12.2 Å². The summed E-state index contributed by atoms with van der Waals surface area (Å²) in [5.41, 5.74) is -5.69. The topological polar surface area (TPSA) is 104 Å². The summed E-state index contributed by atoms with van der Waals surface area (Å²) in [5, 5.41) is 32.1. The molecule has 8 atom stereocenters. The van der Waals surface area contributed by atoms with Crippen molar-refractivity contribution >= 4 is 23.2 Å². The van der Waals surface area contributed by atoms with Crippen LogP contribution in [0.5, 0.6) is 0 Å². The molecule has 6 nitrogen and oxygen atoms in total. The molecule has 0 spiro atoms. The molecule has 3 N–H and O–H groups in total. The Morgan fingerprint density at radius 3 is 2.71 bits per heavy atom. The van der Waals surface area contributed by atoms with Crippen molar-refractivity contribution in [2.45, 2.75) is 63.0 Å². The van der Waals surface area contributed by atoms with Gasteiger partial charge in [0.15, 0.2) is 22.8 Å². The molecule has 4 aliphatic rings. The van der Waals surface area contributed by atoms with Gasteiger partial charge in [0, 0.05) is 16.7 Å². The number of ketones is 2. The van der Waals surface area contributed by atoms with Gasteiger partial charge in [0.05, 0.1) is 31.3 Å². The Labute approximate surface area is 186 Å². The van der Waals surface area contributed by atoms with E-state index in [0.29, 0.717) is 18.4 Å². The number of carbonyl (C=O) groups excluding carboxylic acids is 2. The normalized spacial score (nSPS) is 48.6. The molecule has 0 amide bonds. The standard InChI is InChI=1S/C23H30ClFO6/c1-20-6-5-14(27)9-13(20)3-4-15-16-10-19(31-8-7-26)23(30,18(29)12-24)21(16,2)11-17(28)22(15,20)25/h5-6,9,15-17,19,26,28,30H,3-4,7-8,10-12H2,1-2H3/t15-,16-,17-,19+,20-,21-,22-,23+/m0/s1. The summed E-state index contributed by atoms with van der Waals surface area (Å²) in [7, 11) is 0. The fourth-order valence-electron chi connectivity index (χ4n) is 7.19. The number of fused-ring (bicyclic) bond motifs is 5. The van der Waals surface area contributed by atoms with Gasteiger partial charge in [-0.2, -0.15) is 0 Å². The maximum absolute atomic E-state index is 17.1. The van der Waals surface area contributed by atoms with Crippen LogP contribution in [0.4, 0.5) is 4.39 Å². The Bertz CT molecular complexity index is 859. The summed E-state index contributed by atoms with van der Waals surface area (Å²) < 4.78 is 22.7. The zero-order valence-corrected chi connectivity index (χ0v) is 18.6. The van der Waals surface area contributed by atoms with Gasteiger partial charge in [-0.05, 0) is 50.7 Å². The number of Topliss-reactive ketones (excluding diaryl/α,β-unsaturated/α-hetero) is 1. The number of allylic oxidation sites excluding steroid dienone is 4. The highest BCUT2D eigenvalue weighted by Crippen LogP contribution is 2.70. The van der Waals surface area contributed by atoms with E-state index in [1.807, 2.05) is 0 Å². The van der Waals surface area contributed by atoms with Gasteiger partial charge in [0.1, 0.15) is 0 Å². The fraction of sp³-hybridized carbons (Fsp3) is 0.739. The molecule has 0 saturated heterocycles. The molecule has 172 valence electrons. The molecule has 0 aliphatic heterocycles. The smallest absolute Gasteiger partial charge is 0.182 e. The lowest BCUT2D eigenvalue weighted by Gasteiger charge is -2.62. The van der Waals surface area contributed by atoms with Crippen LogP contribution in [0.25, 0.3) is 0 Å². The number of aliphatic hydroxyl groups excluding tert-OH is 2. The first kappa shape index (κ1) is 23.1. The van der Waals surface area contributed by atoms with Gasteiger partial charge in [-0.25, -0.2) is 4.39 Å². The number of carbonyl (C=O) groups is 2. The summed E-state index contributed by atoms with van der Waals surface area (Å²) in [6.07, 6.45) is 2.91. The van der Waals surface area contributed by atoms with Crippen molar-refractivity contribution in [2.24, 2.45) is 22.7 Å². The molecule has 4 aliphatic carbocycles. The second-order valence-corrected chi connectivity index (χ2v) is 10.2. The van der Waals surface area contributed by atoms with Crippen LogP contribution in [0.1, 0.15) is 39.5 Å². The number of hydrogen-bond acceptors (Lipinski definition) is 6. The predicted molar refractivity (Wildman–Crippen MR) is 111 cm³/mol. The molecule has 3 saturated carbocycles. The van der Waals surface area contributed by atoms with Crippen LogP contribution in [0.3, 0.4) is 0 Å². The quantitative estimate of drug-likeness (QED) is 0.546. The Balaban J connectivity index is 1.81. The van der Waals surface area contributed by atoms with Crippen LogP contribution >= 0.6 is 11.6 Å². The zero-order valence-electron chi connectivity index (χ0n) is 17.8. The second kappa shape index (κ2) is 7.45. The first-order chi connectivity index (χ1) is 14.5. The lowest BCUT2D eigenvalue weighted by Crippen LogP contribution is -2.69. The number of hydrogen-bond donors (Lipinski definition) is 3. The number of rotatable bonds is 5. The third-order valence-electron chi connectivity index (χ3n) is 8.79. The van der Waals surface area contributed by atoms with E-state index in [0.717, 1.165) is 0 Å². The minimum Gasteiger partial charge on any atom is -0.394 e. The summed E-state index contributed by atoms with van der Waals surface area (Å²) in [4.78, 5) is 24.8. The number of alkyl halides is 2. The minimum absolute atomic E-state index is 0.0746. The number of aliphatic hydroxyl groups is 3. The predicted octanol–water partition coefficient (Wildman–Crippen LogP) is 1.88. The van der Waals surface area contributed by atoms with Gasteiger partial charge in [0.2, 0.25) is 0 Å². The van der Waals surface area contributed by atoms with Crippen molar-refractivity contribution in [3.05, 3.63) is 23.8 Å². The van der Waals surface area contributed by atoms with E-state index in [9.17, 15) is 24.9 Å². The van der Waals surface area contributed by atoms with E-state index >= 15 is 4.39 Å². The summed E-state index contributed by atoms with van der Waals surface area (Å²) in [6, 6.07) is 0. The highest BCUT2D eigenvalue weighted by atomic mass is 35.5. The van der Waals surface area contributed by atoms with Crippen LogP contribution in [0, 0.1) is 22.7 Å². The van der Waals surface area contributed by atoms with Gasteiger partial charge >= 0.3 is 0 Å². The maximum atomic E-state index is 17.1. The zero-order chi connectivity index (χ0) is 22.8. The number of halogens is 2. The molecule has 0 heterocycles. The molecule has 8 heteroatoms. The fourth-order valence-corrected chi connectivity index (χ4v) is 7.39. The average Bonchev–Trinajstić information content (AvgIpc) is 2.95. The first-order valence-corrected chi connectivity index (χ1v) is 11.4. The number of ether oxygens (including phenoxy) is 1. The van der Waals surface area contributed by atoms with E-state index in [2.05, 4.69) is 0 Å². The summed E-state index contributed by atoms with van der Waals surface area (Å²) in [5.74, 6) is -2.35. The monoisotopic (exact) mass is 456 g/mol. The summed E-state index contributed by atoms with van der Waals surface area (Å²) >= 11 is 5.84. The second-order valence-electron chi connectivity index (χ2n) is 9.91. The molecule has 0 aromatic heterocycles. The Morgan fingerprint density at radius 2 is 2.06 bits per heavy atom. The van der Waals surface area contributed by atoms with Crippen molar-refractivity contribution in [2.75, 3.05) is 19.1 Å². The molecular formula is C23H30ClFO6. The van der Waals surface area contributed by atoms with Crippen LogP contribution in [0.2, 0.25) is 0 Å². The van der Waals surface area contributed by atoms with E-state index < -0.39 is 57.8 Å². The summed E-state index contributed by atoms with van der Waals surface area (Å²) in [6.45, 7) is 3.06. The van der Waals surface area contributed by atoms with Crippen LogP contribution in [-0.2, 0) is 14.3 Å². The van der Waals surface area contributed by atoms with Crippen molar-refractivity contribution in [1.29, 1.82) is 0 Å². The Hall–Kier alpha value is -1.12. The molecule has 4 rings (SSSR count). The van der Waals surface area contributed by atoms with Crippen molar-refractivity contribution in [3.8, 4) is 0 Å². The molecule has 0 bridgehead atoms. The molecular weight excluding hydrogens is 427 g/mol. The van der Waals surface area contributed by atoms with Crippen LogP contribution in [0.15, 0.2) is 23.8 Å². The van der Waals surface area contributed by atoms with Crippen molar-refractivity contribution in [3.63, 3.8) is 0 Å². The van der Waals surface area contributed by atoms with Gasteiger partial charge in [-0.1, -0.05) is 18.6 Å².